The normalized spacial score (nSPS) is 24.1. The van der Waals surface area contributed by atoms with Crippen LogP contribution in [0, 0.1) is 5.92 Å². The first-order chi connectivity index (χ1) is 7.33. The highest BCUT2D eigenvalue weighted by Gasteiger charge is 2.06. The Morgan fingerprint density at radius 2 is 1.47 bits per heavy atom. The molecule has 0 aliphatic carbocycles. The van der Waals surface area contributed by atoms with Crippen LogP contribution in [0.25, 0.3) is 0 Å². The van der Waals surface area contributed by atoms with Crippen molar-refractivity contribution in [2.45, 2.75) is 51.4 Å². The SMILES string of the molecule is C=CC1CCCCCN(I)CCCCC1. The fourth-order valence-corrected chi connectivity index (χ4v) is 2.91. The van der Waals surface area contributed by atoms with Crippen molar-refractivity contribution in [1.82, 2.24) is 3.11 Å². The molecule has 88 valence electrons. The van der Waals surface area contributed by atoms with E-state index >= 15 is 0 Å². The van der Waals surface area contributed by atoms with Gasteiger partial charge in [0.25, 0.3) is 0 Å². The molecule has 0 spiro atoms. The molecule has 0 bridgehead atoms. The van der Waals surface area contributed by atoms with Crippen LogP contribution >= 0.6 is 22.9 Å². The average Bonchev–Trinajstić information content (AvgIpc) is 2.23. The summed E-state index contributed by atoms with van der Waals surface area (Å²) in [5.74, 6) is 0.792. The molecule has 0 aromatic carbocycles. The number of allylic oxidation sites excluding steroid dienone is 1. The van der Waals surface area contributed by atoms with E-state index in [9.17, 15) is 0 Å². The number of halogens is 1. The van der Waals surface area contributed by atoms with Gasteiger partial charge in [0.2, 0.25) is 0 Å². The molecule has 1 heterocycles. The Balaban J connectivity index is 2.26. The molecule has 0 amide bonds. The zero-order valence-electron chi connectivity index (χ0n) is 9.76. The third-order valence-corrected chi connectivity index (χ3v) is 4.25. The van der Waals surface area contributed by atoms with Gasteiger partial charge in [-0.3, -0.25) is 0 Å². The van der Waals surface area contributed by atoms with Gasteiger partial charge in [-0.25, -0.2) is 3.11 Å². The summed E-state index contributed by atoms with van der Waals surface area (Å²) in [5.41, 5.74) is 0. The van der Waals surface area contributed by atoms with Crippen LogP contribution in [-0.2, 0) is 0 Å². The van der Waals surface area contributed by atoms with Crippen LogP contribution in [0.5, 0.6) is 0 Å². The monoisotopic (exact) mass is 321 g/mol. The maximum Gasteiger partial charge on any atom is 0.0201 e. The Bertz CT molecular complexity index is 156. The first kappa shape index (κ1) is 13.5. The lowest BCUT2D eigenvalue weighted by Gasteiger charge is -2.17. The summed E-state index contributed by atoms with van der Waals surface area (Å²) < 4.78 is 2.46. The maximum atomic E-state index is 3.96. The quantitative estimate of drug-likeness (QED) is 0.388. The summed E-state index contributed by atoms with van der Waals surface area (Å²) >= 11 is 2.48. The van der Waals surface area contributed by atoms with E-state index in [1.165, 1.54) is 64.5 Å². The molecule has 2 heteroatoms. The second-order valence-electron chi connectivity index (χ2n) is 4.60. The fourth-order valence-electron chi connectivity index (χ4n) is 2.23. The van der Waals surface area contributed by atoms with Crippen molar-refractivity contribution in [3.63, 3.8) is 0 Å². The summed E-state index contributed by atoms with van der Waals surface area (Å²) in [4.78, 5) is 0. The van der Waals surface area contributed by atoms with E-state index < -0.39 is 0 Å². The molecule has 0 atom stereocenters. The Hall–Kier alpha value is 0.430. The van der Waals surface area contributed by atoms with Crippen LogP contribution in [0.3, 0.4) is 0 Å². The molecule has 1 aliphatic heterocycles. The Morgan fingerprint density at radius 3 is 1.93 bits per heavy atom. The number of nitrogens with zero attached hydrogens (tertiary/aromatic N) is 1. The van der Waals surface area contributed by atoms with Gasteiger partial charge in [-0.05, 0) is 31.6 Å². The van der Waals surface area contributed by atoms with Crippen molar-refractivity contribution in [2.24, 2.45) is 5.92 Å². The molecule has 0 unspecified atom stereocenters. The third-order valence-electron chi connectivity index (χ3n) is 3.28. The van der Waals surface area contributed by atoms with Crippen molar-refractivity contribution >= 4 is 22.9 Å². The standard InChI is InChI=1S/C13H24IN/c1-2-13-9-5-3-7-11-15(14)12-8-4-6-10-13/h2,13H,1,3-12H2. The molecule has 1 nitrogen and oxygen atoms in total. The fraction of sp³-hybridized carbons (Fsp3) is 0.846. The minimum Gasteiger partial charge on any atom is -0.248 e. The van der Waals surface area contributed by atoms with Crippen LogP contribution in [0.4, 0.5) is 0 Å². The van der Waals surface area contributed by atoms with Crippen molar-refractivity contribution in [2.75, 3.05) is 13.1 Å². The second-order valence-corrected chi connectivity index (χ2v) is 5.97. The number of rotatable bonds is 1. The second kappa shape index (κ2) is 8.57. The average molecular weight is 321 g/mol. The van der Waals surface area contributed by atoms with Gasteiger partial charge in [0.1, 0.15) is 0 Å². The molecule has 1 aliphatic rings. The first-order valence-electron chi connectivity index (χ1n) is 6.36. The van der Waals surface area contributed by atoms with Crippen LogP contribution in [0.15, 0.2) is 12.7 Å². The predicted molar refractivity (Wildman–Crippen MR) is 76.2 cm³/mol. The van der Waals surface area contributed by atoms with Crippen molar-refractivity contribution in [3.8, 4) is 0 Å². The predicted octanol–water partition coefficient (Wildman–Crippen LogP) is 4.58. The summed E-state index contributed by atoms with van der Waals surface area (Å²) in [7, 11) is 0. The first-order valence-corrected chi connectivity index (χ1v) is 7.32. The zero-order chi connectivity index (χ0) is 10.9. The van der Waals surface area contributed by atoms with E-state index in [1.807, 2.05) is 0 Å². The highest BCUT2D eigenvalue weighted by Crippen LogP contribution is 2.20. The van der Waals surface area contributed by atoms with Gasteiger partial charge in [-0.15, -0.1) is 6.58 Å². The van der Waals surface area contributed by atoms with Crippen molar-refractivity contribution in [1.29, 1.82) is 0 Å². The smallest absolute Gasteiger partial charge is 0.0201 e. The molecule has 1 rings (SSSR count). The topological polar surface area (TPSA) is 3.24 Å². The summed E-state index contributed by atoms with van der Waals surface area (Å²) in [6.07, 6.45) is 13.2. The van der Waals surface area contributed by atoms with E-state index in [-0.39, 0.29) is 0 Å². The molecule has 0 aromatic heterocycles. The number of hydrogen-bond donors (Lipinski definition) is 0. The van der Waals surface area contributed by atoms with E-state index in [4.69, 9.17) is 0 Å². The molecule has 0 radical (unpaired) electrons. The van der Waals surface area contributed by atoms with Crippen molar-refractivity contribution < 1.29 is 0 Å². The highest BCUT2D eigenvalue weighted by molar-refractivity contribution is 14.1. The summed E-state index contributed by atoms with van der Waals surface area (Å²) in [6, 6.07) is 0. The molecule has 1 fully saturated rings. The molecular weight excluding hydrogens is 297 g/mol. The van der Waals surface area contributed by atoms with Crippen LogP contribution < -0.4 is 0 Å². The molecule has 1 saturated heterocycles. The molecular formula is C13H24IN. The number of hydrogen-bond acceptors (Lipinski definition) is 1. The summed E-state index contributed by atoms with van der Waals surface area (Å²) in [6.45, 7) is 6.51. The Morgan fingerprint density at radius 1 is 0.933 bits per heavy atom. The van der Waals surface area contributed by atoms with Crippen LogP contribution in [0.2, 0.25) is 0 Å². The third kappa shape index (κ3) is 6.56. The lowest BCUT2D eigenvalue weighted by atomic mass is 9.95. The van der Waals surface area contributed by atoms with E-state index in [1.54, 1.807) is 0 Å². The van der Waals surface area contributed by atoms with Crippen molar-refractivity contribution in [3.05, 3.63) is 12.7 Å². The van der Waals surface area contributed by atoms with Gasteiger partial charge >= 0.3 is 0 Å². The lowest BCUT2D eigenvalue weighted by Crippen LogP contribution is -2.14. The van der Waals surface area contributed by atoms with Gasteiger partial charge in [-0.2, -0.15) is 0 Å². The minimum absolute atomic E-state index is 0.792. The molecule has 0 saturated carbocycles. The van der Waals surface area contributed by atoms with Gasteiger partial charge in [0.05, 0.1) is 0 Å². The van der Waals surface area contributed by atoms with Gasteiger partial charge in [-0.1, -0.05) is 31.8 Å². The van der Waals surface area contributed by atoms with Gasteiger partial charge in [0.15, 0.2) is 0 Å². The van der Waals surface area contributed by atoms with E-state index in [0.717, 1.165) is 5.92 Å². The minimum atomic E-state index is 0.792. The molecule has 0 aromatic rings. The summed E-state index contributed by atoms with van der Waals surface area (Å²) in [5, 5.41) is 0. The van der Waals surface area contributed by atoms with E-state index in [2.05, 4.69) is 38.6 Å². The lowest BCUT2D eigenvalue weighted by molar-refractivity contribution is 0.413. The maximum absolute atomic E-state index is 3.96. The largest absolute Gasteiger partial charge is 0.248 e. The van der Waals surface area contributed by atoms with Gasteiger partial charge < -0.3 is 0 Å². The zero-order valence-corrected chi connectivity index (χ0v) is 11.9. The van der Waals surface area contributed by atoms with Crippen LogP contribution in [-0.4, -0.2) is 16.2 Å². The Kier molecular flexibility index (Phi) is 7.71. The van der Waals surface area contributed by atoms with E-state index in [0.29, 0.717) is 0 Å². The Labute approximate surface area is 109 Å². The molecule has 15 heavy (non-hydrogen) atoms. The molecule has 0 N–H and O–H groups in total. The highest BCUT2D eigenvalue weighted by atomic mass is 127. The van der Waals surface area contributed by atoms with Crippen LogP contribution in [0.1, 0.15) is 51.4 Å². The van der Waals surface area contributed by atoms with Gasteiger partial charge in [0, 0.05) is 36.0 Å².